The van der Waals surface area contributed by atoms with Gasteiger partial charge in [0.15, 0.2) is 0 Å². The molecule has 2 aliphatic rings. The molecule has 0 N–H and O–H groups in total. The maximum atomic E-state index is 1.87. The summed E-state index contributed by atoms with van der Waals surface area (Å²) < 4.78 is 0. The summed E-state index contributed by atoms with van der Waals surface area (Å²) >= 11 is 0. The monoisotopic (exact) mass is 147 g/mol. The molecule has 2 saturated carbocycles. The standard InChI is InChI=1S/C7H11.Cr/c1-2-7-4-3-6(1)5-7;/h6H,1-5H2;/q-1;. The van der Waals surface area contributed by atoms with Gasteiger partial charge in [0.05, 0.1) is 0 Å². The van der Waals surface area contributed by atoms with Crippen LogP contribution in [0.5, 0.6) is 0 Å². The minimum Gasteiger partial charge on any atom is -0.313 e. The van der Waals surface area contributed by atoms with Crippen molar-refractivity contribution in [2.45, 2.75) is 32.1 Å². The van der Waals surface area contributed by atoms with Crippen LogP contribution in [0.3, 0.4) is 0 Å². The minimum atomic E-state index is 0. The van der Waals surface area contributed by atoms with Crippen molar-refractivity contribution >= 4 is 0 Å². The zero-order valence-electron chi connectivity index (χ0n) is 5.02. The first-order valence-electron chi connectivity index (χ1n) is 3.29. The van der Waals surface area contributed by atoms with Gasteiger partial charge in [-0.05, 0) is 0 Å². The molecule has 0 unspecified atom stereocenters. The van der Waals surface area contributed by atoms with Gasteiger partial charge >= 0.3 is 0 Å². The van der Waals surface area contributed by atoms with Crippen LogP contribution in [-0.4, -0.2) is 0 Å². The van der Waals surface area contributed by atoms with Crippen LogP contribution in [0.2, 0.25) is 0 Å². The van der Waals surface area contributed by atoms with Crippen molar-refractivity contribution in [2.24, 2.45) is 5.92 Å². The Balaban J connectivity index is 0.000000320. The van der Waals surface area contributed by atoms with Crippen molar-refractivity contribution in [3.63, 3.8) is 0 Å². The van der Waals surface area contributed by atoms with Crippen molar-refractivity contribution in [3.05, 3.63) is 5.92 Å². The normalized spacial score (nSPS) is 28.5. The maximum Gasteiger partial charge on any atom is 0 e. The second-order valence-corrected chi connectivity index (χ2v) is 2.90. The first kappa shape index (κ1) is 6.65. The fourth-order valence-electron chi connectivity index (χ4n) is 1.90. The fourth-order valence-corrected chi connectivity index (χ4v) is 1.90. The average molecular weight is 147 g/mol. The third-order valence-corrected chi connectivity index (χ3v) is 2.39. The largest absolute Gasteiger partial charge is 0.313 e. The van der Waals surface area contributed by atoms with Gasteiger partial charge in [-0.3, -0.25) is 0 Å². The molecule has 2 bridgehead atoms. The molecule has 8 heavy (non-hydrogen) atoms. The molecule has 2 rings (SSSR count). The maximum absolute atomic E-state index is 1.87. The topological polar surface area (TPSA) is 0 Å². The van der Waals surface area contributed by atoms with E-state index in [9.17, 15) is 0 Å². The predicted octanol–water partition coefficient (Wildman–Crippen LogP) is 2.15. The first-order valence-corrected chi connectivity index (χ1v) is 3.29. The Bertz CT molecular complexity index is 62.5. The van der Waals surface area contributed by atoms with Gasteiger partial charge in [-0.1, -0.05) is 18.8 Å². The number of fused-ring (bicyclic) bond motifs is 2. The van der Waals surface area contributed by atoms with Gasteiger partial charge in [-0.15, -0.1) is 0 Å². The van der Waals surface area contributed by atoms with Crippen LogP contribution in [0.25, 0.3) is 0 Å². The van der Waals surface area contributed by atoms with Crippen molar-refractivity contribution < 1.29 is 17.4 Å². The molecule has 0 saturated heterocycles. The molecule has 0 aliphatic heterocycles. The van der Waals surface area contributed by atoms with E-state index >= 15 is 0 Å². The van der Waals surface area contributed by atoms with E-state index in [-0.39, 0.29) is 17.4 Å². The Kier molecular flexibility index (Phi) is 2.01. The molecule has 0 radical (unpaired) electrons. The van der Waals surface area contributed by atoms with Gasteiger partial charge in [0, 0.05) is 17.4 Å². The summed E-state index contributed by atoms with van der Waals surface area (Å²) in [4.78, 5) is 0. The number of hydrogen-bond donors (Lipinski definition) is 0. The molecule has 2 fully saturated rings. The van der Waals surface area contributed by atoms with Crippen molar-refractivity contribution in [1.29, 1.82) is 0 Å². The molecule has 0 heterocycles. The molecular weight excluding hydrogens is 136 g/mol. The van der Waals surface area contributed by atoms with Gasteiger partial charge in [-0.25, -0.2) is 0 Å². The average Bonchev–Trinajstić information content (AvgIpc) is 2.22. The van der Waals surface area contributed by atoms with Gasteiger partial charge in [0.1, 0.15) is 0 Å². The van der Waals surface area contributed by atoms with Crippen molar-refractivity contribution in [2.75, 3.05) is 0 Å². The summed E-state index contributed by atoms with van der Waals surface area (Å²) in [6.07, 6.45) is 7.50. The smallest absolute Gasteiger partial charge is 0 e. The van der Waals surface area contributed by atoms with Gasteiger partial charge in [-0.2, -0.15) is 19.3 Å². The number of rotatable bonds is 0. The number of hydrogen-bond acceptors (Lipinski definition) is 0. The van der Waals surface area contributed by atoms with E-state index in [4.69, 9.17) is 0 Å². The van der Waals surface area contributed by atoms with E-state index in [0.717, 1.165) is 5.92 Å². The minimum absolute atomic E-state index is 0. The molecule has 2 aliphatic carbocycles. The summed E-state index contributed by atoms with van der Waals surface area (Å²) in [5, 5.41) is 0. The Hall–Kier alpha value is 0.532. The summed E-state index contributed by atoms with van der Waals surface area (Å²) in [5.74, 6) is 3.00. The first-order chi connectivity index (χ1) is 3.45. The molecule has 0 aromatic heterocycles. The zero-order valence-corrected chi connectivity index (χ0v) is 6.30. The molecule has 0 aromatic rings. The molecule has 0 nitrogen and oxygen atoms in total. The summed E-state index contributed by atoms with van der Waals surface area (Å²) in [5.41, 5.74) is 0. The zero-order chi connectivity index (χ0) is 4.69. The summed E-state index contributed by atoms with van der Waals surface area (Å²) in [6.45, 7) is 0. The Labute approximate surface area is 61.8 Å². The van der Waals surface area contributed by atoms with Crippen LogP contribution in [0, 0.1) is 11.8 Å². The van der Waals surface area contributed by atoms with Crippen LogP contribution in [0.15, 0.2) is 0 Å². The molecule has 0 aromatic carbocycles. The summed E-state index contributed by atoms with van der Waals surface area (Å²) in [6, 6.07) is 0. The van der Waals surface area contributed by atoms with Crippen LogP contribution >= 0.6 is 0 Å². The van der Waals surface area contributed by atoms with E-state index in [1.807, 2.05) is 5.92 Å². The second-order valence-electron chi connectivity index (χ2n) is 2.90. The van der Waals surface area contributed by atoms with E-state index < -0.39 is 0 Å². The molecule has 1 heteroatoms. The third kappa shape index (κ3) is 0.947. The second kappa shape index (κ2) is 2.42. The van der Waals surface area contributed by atoms with Gasteiger partial charge < -0.3 is 5.92 Å². The van der Waals surface area contributed by atoms with Crippen LogP contribution in [-0.2, 0) is 17.4 Å². The van der Waals surface area contributed by atoms with Crippen molar-refractivity contribution in [1.82, 2.24) is 0 Å². The van der Waals surface area contributed by atoms with Gasteiger partial charge in [0.25, 0.3) is 0 Å². The Morgan fingerprint density at radius 3 is 1.88 bits per heavy atom. The van der Waals surface area contributed by atoms with Crippen LogP contribution in [0.4, 0.5) is 0 Å². The van der Waals surface area contributed by atoms with Crippen molar-refractivity contribution in [3.8, 4) is 0 Å². The van der Waals surface area contributed by atoms with E-state index in [0.29, 0.717) is 0 Å². The molecule has 46 valence electrons. The molecule has 0 atom stereocenters. The summed E-state index contributed by atoms with van der Waals surface area (Å²) in [7, 11) is 0. The van der Waals surface area contributed by atoms with E-state index in [2.05, 4.69) is 0 Å². The molecular formula is C7H11Cr-. The Morgan fingerprint density at radius 2 is 1.75 bits per heavy atom. The fraction of sp³-hybridized carbons (Fsp3) is 0.857. The predicted molar refractivity (Wildman–Crippen MR) is 29.8 cm³/mol. The third-order valence-electron chi connectivity index (χ3n) is 2.39. The quantitative estimate of drug-likeness (QED) is 0.460. The van der Waals surface area contributed by atoms with Crippen LogP contribution in [0.1, 0.15) is 32.1 Å². The van der Waals surface area contributed by atoms with E-state index in [1.165, 1.54) is 32.1 Å². The Morgan fingerprint density at radius 1 is 1.12 bits per heavy atom. The van der Waals surface area contributed by atoms with Gasteiger partial charge in [0.2, 0.25) is 0 Å². The molecule has 0 amide bonds. The molecule has 0 spiro atoms. The SMILES string of the molecule is C1CC2CC[C-]1C2.[Cr]. The van der Waals surface area contributed by atoms with E-state index in [1.54, 1.807) is 0 Å². The van der Waals surface area contributed by atoms with Crippen LogP contribution < -0.4 is 0 Å².